The molecule has 29 heavy (non-hydrogen) atoms. The van der Waals surface area contributed by atoms with Crippen molar-refractivity contribution in [2.45, 2.75) is 38.9 Å². The minimum Gasteiger partial charge on any atom is -0.309 e. The Morgan fingerprint density at radius 1 is 1.10 bits per heavy atom. The maximum absolute atomic E-state index is 6.13. The molecule has 0 saturated carbocycles. The van der Waals surface area contributed by atoms with Gasteiger partial charge < -0.3 is 5.32 Å². The number of nitrogens with zero attached hydrogens (tertiary/aromatic N) is 4. The standard InChI is InChI=1S/C23H28ClN5/c1-2-28-13-7-12-21(28)15-25-16-22-23(19-9-4-3-5-10-19)27-29(26-22)17-18-8-6-11-20(24)14-18/h3-6,8-11,14,21,25H,2,7,12-13,15-17H2,1H3/t21-/m0/s1. The minimum absolute atomic E-state index is 0.604. The Morgan fingerprint density at radius 3 is 2.76 bits per heavy atom. The second-order valence-corrected chi connectivity index (χ2v) is 8.01. The number of halogens is 1. The van der Waals surface area contributed by atoms with Crippen molar-refractivity contribution in [3.05, 3.63) is 70.9 Å². The Hall–Kier alpha value is -2.21. The van der Waals surface area contributed by atoms with E-state index >= 15 is 0 Å². The summed E-state index contributed by atoms with van der Waals surface area (Å²) in [5.74, 6) is 0. The van der Waals surface area contributed by atoms with Gasteiger partial charge in [-0.05, 0) is 43.6 Å². The molecule has 0 spiro atoms. The molecule has 1 N–H and O–H groups in total. The molecule has 1 atom stereocenters. The van der Waals surface area contributed by atoms with Crippen LogP contribution in [0.2, 0.25) is 5.02 Å². The molecule has 4 rings (SSSR count). The number of hydrogen-bond donors (Lipinski definition) is 1. The molecule has 0 aliphatic carbocycles. The van der Waals surface area contributed by atoms with Crippen molar-refractivity contribution in [1.29, 1.82) is 0 Å². The van der Waals surface area contributed by atoms with Crippen molar-refractivity contribution in [1.82, 2.24) is 25.2 Å². The first-order chi connectivity index (χ1) is 14.2. The second kappa shape index (κ2) is 9.53. The van der Waals surface area contributed by atoms with E-state index in [0.29, 0.717) is 19.1 Å². The van der Waals surface area contributed by atoms with Crippen LogP contribution >= 0.6 is 11.6 Å². The van der Waals surface area contributed by atoms with Crippen LogP contribution < -0.4 is 5.32 Å². The quantitative estimate of drug-likeness (QED) is 0.605. The van der Waals surface area contributed by atoms with E-state index in [1.165, 1.54) is 19.4 Å². The van der Waals surface area contributed by atoms with Crippen molar-refractivity contribution in [3.63, 3.8) is 0 Å². The average molecular weight is 410 g/mol. The van der Waals surface area contributed by atoms with Gasteiger partial charge in [0.25, 0.3) is 0 Å². The minimum atomic E-state index is 0.604. The lowest BCUT2D eigenvalue weighted by Gasteiger charge is -2.22. The van der Waals surface area contributed by atoms with Crippen LogP contribution in [-0.2, 0) is 13.1 Å². The lowest BCUT2D eigenvalue weighted by atomic mass is 10.1. The van der Waals surface area contributed by atoms with Gasteiger partial charge in [0.2, 0.25) is 0 Å². The fraction of sp³-hybridized carbons (Fsp3) is 0.391. The van der Waals surface area contributed by atoms with Gasteiger partial charge in [-0.1, -0.05) is 61.0 Å². The summed E-state index contributed by atoms with van der Waals surface area (Å²) in [6.45, 7) is 6.89. The van der Waals surface area contributed by atoms with Gasteiger partial charge in [-0.15, -0.1) is 0 Å². The molecule has 1 aliphatic rings. The largest absolute Gasteiger partial charge is 0.309 e. The van der Waals surface area contributed by atoms with Gasteiger partial charge in [0, 0.05) is 29.7 Å². The van der Waals surface area contributed by atoms with Gasteiger partial charge in [0.15, 0.2) is 0 Å². The van der Waals surface area contributed by atoms with E-state index < -0.39 is 0 Å². The monoisotopic (exact) mass is 409 g/mol. The van der Waals surface area contributed by atoms with E-state index in [0.717, 1.165) is 40.6 Å². The van der Waals surface area contributed by atoms with Crippen LogP contribution in [-0.4, -0.2) is 45.6 Å². The smallest absolute Gasteiger partial charge is 0.117 e. The third-order valence-electron chi connectivity index (χ3n) is 5.56. The fourth-order valence-corrected chi connectivity index (χ4v) is 4.30. The highest BCUT2D eigenvalue weighted by atomic mass is 35.5. The summed E-state index contributed by atoms with van der Waals surface area (Å²) in [6.07, 6.45) is 2.57. The summed E-state index contributed by atoms with van der Waals surface area (Å²) in [7, 11) is 0. The summed E-state index contributed by atoms with van der Waals surface area (Å²) in [5.41, 5.74) is 4.12. The number of rotatable bonds is 8. The molecule has 1 saturated heterocycles. The Bertz CT molecular complexity index is 924. The van der Waals surface area contributed by atoms with Gasteiger partial charge in [0.05, 0.1) is 6.54 Å². The number of benzene rings is 2. The Morgan fingerprint density at radius 2 is 1.97 bits per heavy atom. The molecule has 1 fully saturated rings. The second-order valence-electron chi connectivity index (χ2n) is 7.58. The fourth-order valence-electron chi connectivity index (χ4n) is 4.09. The third-order valence-corrected chi connectivity index (χ3v) is 5.80. The van der Waals surface area contributed by atoms with Crippen molar-refractivity contribution >= 4 is 11.6 Å². The third kappa shape index (κ3) is 5.04. The predicted octanol–water partition coefficient (Wildman–Crippen LogP) is 4.22. The maximum Gasteiger partial charge on any atom is 0.117 e. The van der Waals surface area contributed by atoms with Crippen molar-refractivity contribution in [3.8, 4) is 11.3 Å². The van der Waals surface area contributed by atoms with Crippen LogP contribution in [0.25, 0.3) is 11.3 Å². The van der Waals surface area contributed by atoms with Crippen LogP contribution in [0.15, 0.2) is 54.6 Å². The summed E-state index contributed by atoms with van der Waals surface area (Å²) >= 11 is 6.13. The molecule has 152 valence electrons. The van der Waals surface area contributed by atoms with Gasteiger partial charge in [-0.3, -0.25) is 4.90 Å². The van der Waals surface area contributed by atoms with E-state index in [1.807, 2.05) is 36.4 Å². The number of aromatic nitrogens is 3. The van der Waals surface area contributed by atoms with Crippen LogP contribution in [0.5, 0.6) is 0 Å². The van der Waals surface area contributed by atoms with Gasteiger partial charge in [-0.2, -0.15) is 15.0 Å². The lowest BCUT2D eigenvalue weighted by molar-refractivity contribution is 0.259. The number of likely N-dealkylation sites (N-methyl/N-ethyl adjacent to an activating group) is 1. The topological polar surface area (TPSA) is 46.0 Å². The molecule has 0 unspecified atom stereocenters. The molecule has 2 aromatic carbocycles. The molecule has 2 heterocycles. The molecule has 5 nitrogen and oxygen atoms in total. The maximum atomic E-state index is 6.13. The van der Waals surface area contributed by atoms with Gasteiger partial charge >= 0.3 is 0 Å². The Balaban J connectivity index is 1.50. The lowest BCUT2D eigenvalue weighted by Crippen LogP contribution is -2.37. The zero-order valence-electron chi connectivity index (χ0n) is 16.9. The molecule has 1 aromatic heterocycles. The van der Waals surface area contributed by atoms with E-state index in [-0.39, 0.29) is 0 Å². The molecule has 1 aliphatic heterocycles. The van der Waals surface area contributed by atoms with E-state index in [2.05, 4.69) is 35.3 Å². The number of hydrogen-bond acceptors (Lipinski definition) is 4. The van der Waals surface area contributed by atoms with E-state index in [1.54, 1.807) is 4.80 Å². The molecular weight excluding hydrogens is 382 g/mol. The first kappa shape index (κ1) is 20.1. The first-order valence-electron chi connectivity index (χ1n) is 10.4. The predicted molar refractivity (Wildman–Crippen MR) is 118 cm³/mol. The molecule has 0 bridgehead atoms. The van der Waals surface area contributed by atoms with Crippen LogP contribution in [0.3, 0.4) is 0 Å². The summed E-state index contributed by atoms with van der Waals surface area (Å²) in [4.78, 5) is 4.33. The van der Waals surface area contributed by atoms with E-state index in [9.17, 15) is 0 Å². The average Bonchev–Trinajstić information content (AvgIpc) is 3.35. The van der Waals surface area contributed by atoms with Gasteiger partial charge in [-0.25, -0.2) is 0 Å². The molecular formula is C23H28ClN5. The molecule has 0 radical (unpaired) electrons. The molecule has 3 aromatic rings. The van der Waals surface area contributed by atoms with Crippen molar-refractivity contribution in [2.24, 2.45) is 0 Å². The number of nitrogens with one attached hydrogen (secondary N) is 1. The number of likely N-dealkylation sites (tertiary alicyclic amines) is 1. The summed E-state index contributed by atoms with van der Waals surface area (Å²) in [6, 6.07) is 18.8. The van der Waals surface area contributed by atoms with Crippen molar-refractivity contribution < 1.29 is 0 Å². The van der Waals surface area contributed by atoms with Gasteiger partial charge in [0.1, 0.15) is 11.4 Å². The highest BCUT2D eigenvalue weighted by Crippen LogP contribution is 2.21. The Kier molecular flexibility index (Phi) is 6.60. The highest BCUT2D eigenvalue weighted by molar-refractivity contribution is 6.30. The van der Waals surface area contributed by atoms with Crippen LogP contribution in [0.4, 0.5) is 0 Å². The molecule has 0 amide bonds. The van der Waals surface area contributed by atoms with E-state index in [4.69, 9.17) is 21.8 Å². The summed E-state index contributed by atoms with van der Waals surface area (Å²) < 4.78 is 0. The highest BCUT2D eigenvalue weighted by Gasteiger charge is 2.22. The summed E-state index contributed by atoms with van der Waals surface area (Å²) in [5, 5.41) is 14.0. The molecule has 6 heteroatoms. The zero-order valence-corrected chi connectivity index (χ0v) is 17.6. The van der Waals surface area contributed by atoms with Crippen LogP contribution in [0.1, 0.15) is 31.0 Å². The SMILES string of the molecule is CCN1CCC[C@H]1CNCc1nn(Cc2cccc(Cl)c2)nc1-c1ccccc1. The zero-order chi connectivity index (χ0) is 20.1. The van der Waals surface area contributed by atoms with Crippen LogP contribution in [0, 0.1) is 0 Å². The van der Waals surface area contributed by atoms with Crippen molar-refractivity contribution in [2.75, 3.05) is 19.6 Å². The Labute approximate surface area is 177 Å². The first-order valence-corrected chi connectivity index (χ1v) is 10.8. The normalized spacial score (nSPS) is 17.1.